The minimum absolute atomic E-state index is 0.129. The van der Waals surface area contributed by atoms with E-state index in [4.69, 9.17) is 0 Å². The molecule has 106 valence electrons. The second-order valence-corrected chi connectivity index (χ2v) is 6.16. The van der Waals surface area contributed by atoms with Crippen LogP contribution in [0.1, 0.15) is 6.92 Å². The fourth-order valence-electron chi connectivity index (χ4n) is 1.49. The first-order chi connectivity index (χ1) is 8.84. The summed E-state index contributed by atoms with van der Waals surface area (Å²) in [5.74, 6) is -0.129. The Labute approximate surface area is 114 Å². The molecule has 1 aromatic rings. The zero-order valence-electron chi connectivity index (χ0n) is 11.3. The first kappa shape index (κ1) is 15.6. The first-order valence-electron chi connectivity index (χ1n) is 5.85. The van der Waals surface area contributed by atoms with E-state index in [2.05, 4.69) is 4.72 Å². The highest BCUT2D eigenvalue weighted by molar-refractivity contribution is 7.87. The highest BCUT2D eigenvalue weighted by Gasteiger charge is 2.15. The Balaban J connectivity index is 2.65. The van der Waals surface area contributed by atoms with Crippen LogP contribution >= 0.6 is 0 Å². The van der Waals surface area contributed by atoms with Crippen LogP contribution in [-0.2, 0) is 15.0 Å². The number of nitrogens with one attached hydrogen (secondary N) is 1. The molecule has 0 aliphatic carbocycles. The maximum atomic E-state index is 11.6. The van der Waals surface area contributed by atoms with Crippen molar-refractivity contribution in [1.29, 1.82) is 0 Å². The van der Waals surface area contributed by atoms with Crippen LogP contribution in [-0.4, -0.2) is 45.8 Å². The number of carbonyl (C=O) groups excluding carboxylic acids is 1. The van der Waals surface area contributed by atoms with Gasteiger partial charge in [-0.1, -0.05) is 18.2 Å². The Morgan fingerprint density at radius 1 is 1.21 bits per heavy atom. The summed E-state index contributed by atoms with van der Waals surface area (Å²) in [7, 11) is -0.563. The summed E-state index contributed by atoms with van der Waals surface area (Å²) < 4.78 is 26.6. The Bertz CT molecular complexity index is 514. The van der Waals surface area contributed by atoms with Crippen molar-refractivity contribution in [3.05, 3.63) is 30.3 Å². The molecule has 0 saturated carbocycles. The van der Waals surface area contributed by atoms with Crippen molar-refractivity contribution >= 4 is 21.8 Å². The normalized spacial score (nSPS) is 11.6. The minimum Gasteiger partial charge on any atom is -0.311 e. The van der Waals surface area contributed by atoms with Crippen LogP contribution in [0.25, 0.3) is 0 Å². The van der Waals surface area contributed by atoms with Gasteiger partial charge in [-0.15, -0.1) is 0 Å². The third kappa shape index (κ3) is 4.62. The van der Waals surface area contributed by atoms with Gasteiger partial charge in [-0.2, -0.15) is 12.7 Å². The standard InChI is InChI=1S/C12H19N3O3S/c1-11(16)15(12-7-5-4-6-8-12)10-9-13-19(17,18)14(2)3/h4-8,13H,9-10H2,1-3H3. The van der Waals surface area contributed by atoms with E-state index < -0.39 is 10.2 Å². The summed E-state index contributed by atoms with van der Waals surface area (Å²) in [6, 6.07) is 9.13. The van der Waals surface area contributed by atoms with E-state index >= 15 is 0 Å². The molecule has 0 fully saturated rings. The van der Waals surface area contributed by atoms with Crippen LogP contribution in [0.2, 0.25) is 0 Å². The zero-order valence-corrected chi connectivity index (χ0v) is 12.1. The number of nitrogens with zero attached hydrogens (tertiary/aromatic N) is 2. The number of amides is 1. The van der Waals surface area contributed by atoms with Crippen molar-refractivity contribution in [3.63, 3.8) is 0 Å². The molecular weight excluding hydrogens is 266 g/mol. The number of para-hydroxylation sites is 1. The number of carbonyl (C=O) groups is 1. The van der Waals surface area contributed by atoms with Crippen molar-refractivity contribution in [3.8, 4) is 0 Å². The van der Waals surface area contributed by atoms with Gasteiger partial charge in [0, 0.05) is 39.8 Å². The molecule has 19 heavy (non-hydrogen) atoms. The molecule has 1 aromatic carbocycles. The van der Waals surface area contributed by atoms with Crippen molar-refractivity contribution in [2.75, 3.05) is 32.1 Å². The Kier molecular flexibility index (Phi) is 5.46. The molecule has 1 N–H and O–H groups in total. The van der Waals surface area contributed by atoms with E-state index in [9.17, 15) is 13.2 Å². The van der Waals surface area contributed by atoms with Gasteiger partial charge in [-0.3, -0.25) is 4.79 Å². The van der Waals surface area contributed by atoms with Crippen LogP contribution in [0.5, 0.6) is 0 Å². The summed E-state index contributed by atoms with van der Waals surface area (Å²) in [5.41, 5.74) is 0.749. The smallest absolute Gasteiger partial charge is 0.278 e. The lowest BCUT2D eigenvalue weighted by atomic mass is 10.3. The largest absolute Gasteiger partial charge is 0.311 e. The third-order valence-electron chi connectivity index (χ3n) is 2.55. The maximum Gasteiger partial charge on any atom is 0.278 e. The van der Waals surface area contributed by atoms with Gasteiger partial charge >= 0.3 is 0 Å². The summed E-state index contributed by atoms with van der Waals surface area (Å²) in [5, 5.41) is 0. The summed E-state index contributed by atoms with van der Waals surface area (Å²) in [6.45, 7) is 1.90. The highest BCUT2D eigenvalue weighted by Crippen LogP contribution is 2.12. The minimum atomic E-state index is -3.46. The number of anilines is 1. The third-order valence-corrected chi connectivity index (χ3v) is 4.08. The second kappa shape index (κ2) is 6.65. The van der Waals surface area contributed by atoms with Crippen LogP contribution in [0.15, 0.2) is 30.3 Å². The average molecular weight is 285 g/mol. The Morgan fingerprint density at radius 2 is 1.79 bits per heavy atom. The maximum absolute atomic E-state index is 11.6. The second-order valence-electron chi connectivity index (χ2n) is 4.19. The molecule has 0 aliphatic heterocycles. The zero-order chi connectivity index (χ0) is 14.5. The molecule has 0 atom stereocenters. The van der Waals surface area contributed by atoms with Crippen LogP contribution < -0.4 is 9.62 Å². The molecule has 1 amide bonds. The van der Waals surface area contributed by atoms with E-state index in [-0.39, 0.29) is 19.0 Å². The van der Waals surface area contributed by atoms with Crippen molar-refractivity contribution in [2.24, 2.45) is 0 Å². The molecule has 0 radical (unpaired) electrons. The fourth-order valence-corrected chi connectivity index (χ4v) is 2.10. The van der Waals surface area contributed by atoms with Gasteiger partial charge in [-0.25, -0.2) is 4.72 Å². The predicted molar refractivity (Wildman–Crippen MR) is 75.1 cm³/mol. The van der Waals surface area contributed by atoms with Crippen LogP contribution in [0, 0.1) is 0 Å². The Morgan fingerprint density at radius 3 is 2.26 bits per heavy atom. The van der Waals surface area contributed by atoms with E-state index in [1.807, 2.05) is 30.3 Å². The van der Waals surface area contributed by atoms with E-state index in [1.165, 1.54) is 25.9 Å². The molecule has 7 heteroatoms. The topological polar surface area (TPSA) is 69.7 Å². The van der Waals surface area contributed by atoms with Crippen LogP contribution in [0.3, 0.4) is 0 Å². The molecule has 6 nitrogen and oxygen atoms in total. The molecule has 0 aliphatic rings. The quantitative estimate of drug-likeness (QED) is 0.824. The molecule has 0 unspecified atom stereocenters. The Hall–Kier alpha value is -1.44. The molecule has 0 saturated heterocycles. The van der Waals surface area contributed by atoms with Crippen molar-refractivity contribution in [1.82, 2.24) is 9.03 Å². The number of hydrogen-bond acceptors (Lipinski definition) is 3. The lowest BCUT2D eigenvalue weighted by Crippen LogP contribution is -2.41. The van der Waals surface area contributed by atoms with E-state index in [0.717, 1.165) is 9.99 Å². The first-order valence-corrected chi connectivity index (χ1v) is 7.29. The van der Waals surface area contributed by atoms with Crippen molar-refractivity contribution < 1.29 is 13.2 Å². The highest BCUT2D eigenvalue weighted by atomic mass is 32.2. The number of hydrogen-bond donors (Lipinski definition) is 1. The monoisotopic (exact) mass is 285 g/mol. The van der Waals surface area contributed by atoms with E-state index in [0.29, 0.717) is 0 Å². The lowest BCUT2D eigenvalue weighted by Gasteiger charge is -2.22. The summed E-state index contributed by atoms with van der Waals surface area (Å²) in [4.78, 5) is 13.1. The predicted octanol–water partition coefficient (Wildman–Crippen LogP) is 0.436. The molecule has 1 rings (SSSR count). The van der Waals surface area contributed by atoms with Gasteiger partial charge in [0.05, 0.1) is 0 Å². The molecule has 0 spiro atoms. The van der Waals surface area contributed by atoms with E-state index in [1.54, 1.807) is 0 Å². The van der Waals surface area contributed by atoms with Gasteiger partial charge in [0.25, 0.3) is 10.2 Å². The number of benzene rings is 1. The van der Waals surface area contributed by atoms with Crippen LogP contribution in [0.4, 0.5) is 5.69 Å². The van der Waals surface area contributed by atoms with Gasteiger partial charge < -0.3 is 4.90 Å². The SMILES string of the molecule is CC(=O)N(CCNS(=O)(=O)N(C)C)c1ccccc1. The summed E-state index contributed by atoms with van der Waals surface area (Å²) >= 11 is 0. The number of rotatable bonds is 6. The van der Waals surface area contributed by atoms with Crippen molar-refractivity contribution in [2.45, 2.75) is 6.92 Å². The summed E-state index contributed by atoms with van der Waals surface area (Å²) in [6.07, 6.45) is 0. The van der Waals surface area contributed by atoms with Gasteiger partial charge in [0.15, 0.2) is 0 Å². The molecule has 0 heterocycles. The van der Waals surface area contributed by atoms with Gasteiger partial charge in [-0.05, 0) is 12.1 Å². The lowest BCUT2D eigenvalue weighted by molar-refractivity contribution is -0.116. The molecule has 0 bridgehead atoms. The van der Waals surface area contributed by atoms with Gasteiger partial charge in [0.1, 0.15) is 0 Å². The average Bonchev–Trinajstić information content (AvgIpc) is 2.35. The fraction of sp³-hybridized carbons (Fsp3) is 0.417. The molecular formula is C12H19N3O3S. The molecule has 0 aromatic heterocycles. The van der Waals surface area contributed by atoms with Gasteiger partial charge in [0.2, 0.25) is 5.91 Å².